The quantitative estimate of drug-likeness (QED) is 0.447. The fraction of sp³-hybridized carbons (Fsp3) is 0.375. The molecular weight excluding hydrogens is 460 g/mol. The van der Waals surface area contributed by atoms with Crippen LogP contribution in [0.1, 0.15) is 64.7 Å². The van der Waals surface area contributed by atoms with E-state index in [4.69, 9.17) is 4.74 Å². The highest BCUT2D eigenvalue weighted by Gasteiger charge is 2.50. The topological polar surface area (TPSA) is 49.9 Å². The van der Waals surface area contributed by atoms with E-state index in [1.54, 1.807) is 7.11 Å². The normalized spacial score (nSPS) is 22.0. The van der Waals surface area contributed by atoms with Crippen molar-refractivity contribution >= 4 is 11.8 Å². The SMILES string of the molecule is COc1cccc([C@@H]2[C@@H](C(=O)N3CCC(Cc4ccccc4)CC3)c3ccccc3C(=O)N2C2CC2)c1. The maximum absolute atomic E-state index is 14.4. The summed E-state index contributed by atoms with van der Waals surface area (Å²) in [5.41, 5.74) is 3.86. The van der Waals surface area contributed by atoms with Crippen LogP contribution in [0.5, 0.6) is 5.75 Å². The van der Waals surface area contributed by atoms with Crippen LogP contribution < -0.4 is 4.74 Å². The monoisotopic (exact) mass is 494 g/mol. The van der Waals surface area contributed by atoms with Gasteiger partial charge in [0.25, 0.3) is 5.91 Å². The van der Waals surface area contributed by atoms with Gasteiger partial charge in [0.2, 0.25) is 5.91 Å². The summed E-state index contributed by atoms with van der Waals surface area (Å²) in [6, 6.07) is 26.1. The van der Waals surface area contributed by atoms with Gasteiger partial charge in [0.15, 0.2) is 0 Å². The minimum atomic E-state index is -0.424. The maximum atomic E-state index is 14.4. The number of likely N-dealkylation sites (tertiary alicyclic amines) is 1. The number of rotatable bonds is 6. The summed E-state index contributed by atoms with van der Waals surface area (Å²) in [4.78, 5) is 32.2. The van der Waals surface area contributed by atoms with E-state index in [1.165, 1.54) is 5.56 Å². The Morgan fingerprint density at radius 3 is 2.35 bits per heavy atom. The standard InChI is InChI=1S/C32H34N2O3/c1-37-26-11-7-10-24(21-26)30-29(27-12-5-6-13-28(27)31(35)34(30)25-14-15-25)32(36)33-18-16-23(17-19-33)20-22-8-3-2-4-9-22/h2-13,21,23,25,29-30H,14-20H2,1H3/t29-,30+/m0/s1. The van der Waals surface area contributed by atoms with Gasteiger partial charge in [-0.05, 0) is 72.9 Å². The molecule has 2 fully saturated rings. The molecule has 0 radical (unpaired) electrons. The lowest BCUT2D eigenvalue weighted by molar-refractivity contribution is -0.136. The van der Waals surface area contributed by atoms with Gasteiger partial charge < -0.3 is 14.5 Å². The molecule has 0 spiro atoms. The molecule has 2 aliphatic heterocycles. The summed E-state index contributed by atoms with van der Waals surface area (Å²) in [6.45, 7) is 1.52. The lowest BCUT2D eigenvalue weighted by Gasteiger charge is -2.44. The molecule has 0 bridgehead atoms. The fourth-order valence-corrected chi connectivity index (χ4v) is 6.25. The molecule has 5 heteroatoms. The van der Waals surface area contributed by atoms with Crippen LogP contribution in [0.15, 0.2) is 78.9 Å². The van der Waals surface area contributed by atoms with Crippen molar-refractivity contribution in [3.8, 4) is 5.75 Å². The Bertz CT molecular complexity index is 1280. The number of ether oxygens (including phenoxy) is 1. The summed E-state index contributed by atoms with van der Waals surface area (Å²) in [5.74, 6) is 1.08. The second-order valence-corrected chi connectivity index (χ2v) is 10.7. The smallest absolute Gasteiger partial charge is 0.254 e. The van der Waals surface area contributed by atoms with Gasteiger partial charge in [0, 0.05) is 24.7 Å². The molecule has 190 valence electrons. The molecule has 1 saturated carbocycles. The first-order valence-corrected chi connectivity index (χ1v) is 13.5. The molecular formula is C32H34N2O3. The third-order valence-electron chi connectivity index (χ3n) is 8.31. The molecule has 1 aliphatic carbocycles. The second kappa shape index (κ2) is 10.0. The molecule has 1 saturated heterocycles. The Labute approximate surface area is 219 Å². The van der Waals surface area contributed by atoms with Crippen molar-refractivity contribution in [3.63, 3.8) is 0 Å². The predicted octanol–water partition coefficient (Wildman–Crippen LogP) is 5.62. The highest BCUT2D eigenvalue weighted by molar-refractivity contribution is 6.01. The van der Waals surface area contributed by atoms with Crippen LogP contribution in [0.25, 0.3) is 0 Å². The summed E-state index contributed by atoms with van der Waals surface area (Å²) >= 11 is 0. The van der Waals surface area contributed by atoms with Crippen molar-refractivity contribution in [3.05, 3.63) is 101 Å². The highest BCUT2D eigenvalue weighted by Crippen LogP contribution is 2.49. The number of nitrogens with zero attached hydrogens (tertiary/aromatic N) is 2. The number of benzene rings is 3. The molecule has 6 rings (SSSR count). The molecule has 0 aromatic heterocycles. The average Bonchev–Trinajstić information content (AvgIpc) is 3.79. The van der Waals surface area contributed by atoms with E-state index in [0.29, 0.717) is 11.5 Å². The van der Waals surface area contributed by atoms with E-state index in [2.05, 4.69) is 35.2 Å². The molecule has 3 aromatic rings. The molecule has 2 amide bonds. The Hall–Kier alpha value is -3.60. The van der Waals surface area contributed by atoms with Gasteiger partial charge >= 0.3 is 0 Å². The first-order chi connectivity index (χ1) is 18.1. The first kappa shape index (κ1) is 23.8. The summed E-state index contributed by atoms with van der Waals surface area (Å²) in [6.07, 6.45) is 5.04. The van der Waals surface area contributed by atoms with Gasteiger partial charge in [0.1, 0.15) is 5.75 Å². The van der Waals surface area contributed by atoms with E-state index < -0.39 is 5.92 Å². The van der Waals surface area contributed by atoms with Gasteiger partial charge in [-0.1, -0.05) is 60.7 Å². The number of fused-ring (bicyclic) bond motifs is 1. The number of piperidine rings is 1. The molecule has 3 aromatic carbocycles. The minimum Gasteiger partial charge on any atom is -0.497 e. The maximum Gasteiger partial charge on any atom is 0.254 e. The molecule has 3 aliphatic rings. The van der Waals surface area contributed by atoms with E-state index in [0.717, 1.165) is 62.1 Å². The molecule has 2 heterocycles. The highest BCUT2D eigenvalue weighted by atomic mass is 16.5. The Kier molecular flexibility index (Phi) is 6.45. The lowest BCUT2D eigenvalue weighted by atomic mass is 9.78. The van der Waals surface area contributed by atoms with Crippen LogP contribution in [0, 0.1) is 5.92 Å². The number of hydrogen-bond acceptors (Lipinski definition) is 3. The van der Waals surface area contributed by atoms with Crippen LogP contribution in [-0.4, -0.2) is 47.9 Å². The third-order valence-corrected chi connectivity index (χ3v) is 8.31. The summed E-state index contributed by atoms with van der Waals surface area (Å²) in [5, 5.41) is 0. The lowest BCUT2D eigenvalue weighted by Crippen LogP contribution is -2.50. The van der Waals surface area contributed by atoms with Gasteiger partial charge in [0.05, 0.1) is 19.1 Å². The average molecular weight is 495 g/mol. The van der Waals surface area contributed by atoms with Gasteiger partial charge in [-0.25, -0.2) is 0 Å². The van der Waals surface area contributed by atoms with Crippen LogP contribution >= 0.6 is 0 Å². The van der Waals surface area contributed by atoms with Crippen molar-refractivity contribution in [2.24, 2.45) is 5.92 Å². The van der Waals surface area contributed by atoms with Crippen molar-refractivity contribution in [2.45, 2.75) is 50.1 Å². The van der Waals surface area contributed by atoms with E-state index in [-0.39, 0.29) is 23.9 Å². The van der Waals surface area contributed by atoms with E-state index in [1.807, 2.05) is 53.4 Å². The number of hydrogen-bond donors (Lipinski definition) is 0. The third kappa shape index (κ3) is 4.63. The Morgan fingerprint density at radius 2 is 1.62 bits per heavy atom. The predicted molar refractivity (Wildman–Crippen MR) is 144 cm³/mol. The zero-order valence-corrected chi connectivity index (χ0v) is 21.4. The van der Waals surface area contributed by atoms with Gasteiger partial charge in [-0.3, -0.25) is 9.59 Å². The molecule has 37 heavy (non-hydrogen) atoms. The molecule has 2 atom stereocenters. The summed E-state index contributed by atoms with van der Waals surface area (Å²) < 4.78 is 5.53. The van der Waals surface area contributed by atoms with Gasteiger partial charge in [-0.15, -0.1) is 0 Å². The molecule has 0 unspecified atom stereocenters. The second-order valence-electron chi connectivity index (χ2n) is 10.7. The van der Waals surface area contributed by atoms with E-state index >= 15 is 0 Å². The van der Waals surface area contributed by atoms with Crippen molar-refractivity contribution in [2.75, 3.05) is 20.2 Å². The Balaban J connectivity index is 1.32. The van der Waals surface area contributed by atoms with Crippen molar-refractivity contribution in [1.82, 2.24) is 9.80 Å². The zero-order valence-electron chi connectivity index (χ0n) is 21.4. The number of methoxy groups -OCH3 is 1. The zero-order chi connectivity index (χ0) is 25.4. The fourth-order valence-electron chi connectivity index (χ4n) is 6.25. The van der Waals surface area contributed by atoms with E-state index in [9.17, 15) is 9.59 Å². The van der Waals surface area contributed by atoms with Crippen molar-refractivity contribution in [1.29, 1.82) is 0 Å². The van der Waals surface area contributed by atoms with Crippen LogP contribution in [0.4, 0.5) is 0 Å². The minimum absolute atomic E-state index is 0.0385. The van der Waals surface area contributed by atoms with Crippen LogP contribution in [0.3, 0.4) is 0 Å². The summed E-state index contributed by atoms with van der Waals surface area (Å²) in [7, 11) is 1.65. The number of carbonyl (C=O) groups excluding carboxylic acids is 2. The van der Waals surface area contributed by atoms with Gasteiger partial charge in [-0.2, -0.15) is 0 Å². The molecule has 0 N–H and O–H groups in total. The number of amides is 2. The largest absolute Gasteiger partial charge is 0.497 e. The van der Waals surface area contributed by atoms with Crippen LogP contribution in [-0.2, 0) is 11.2 Å². The van der Waals surface area contributed by atoms with Crippen molar-refractivity contribution < 1.29 is 14.3 Å². The first-order valence-electron chi connectivity index (χ1n) is 13.5. The number of carbonyl (C=O) groups is 2. The molecule has 5 nitrogen and oxygen atoms in total. The van der Waals surface area contributed by atoms with Crippen LogP contribution in [0.2, 0.25) is 0 Å². The Morgan fingerprint density at radius 1 is 0.892 bits per heavy atom.